The van der Waals surface area contributed by atoms with Crippen molar-refractivity contribution in [1.29, 1.82) is 0 Å². The molecular formula is C44H91NO7P+. The van der Waals surface area contributed by atoms with Crippen LogP contribution in [0.25, 0.3) is 0 Å². The van der Waals surface area contributed by atoms with Gasteiger partial charge >= 0.3 is 20.5 Å². The van der Waals surface area contributed by atoms with Gasteiger partial charge in [-0.25, -0.2) is 0 Å². The maximum absolute atomic E-state index is 12.7. The van der Waals surface area contributed by atoms with Gasteiger partial charge in [-0.15, -0.1) is 0 Å². The second-order valence-electron chi connectivity index (χ2n) is 16.4. The molecule has 0 saturated carbocycles. The third-order valence-corrected chi connectivity index (χ3v) is 10.9. The first-order valence-corrected chi connectivity index (χ1v) is 23.5. The van der Waals surface area contributed by atoms with E-state index in [-0.39, 0.29) is 25.2 Å². The largest absolute Gasteiger partial charge is 0.462 e. The normalized spacial score (nSPS) is 13.8. The van der Waals surface area contributed by atoms with Gasteiger partial charge in [0.25, 0.3) is 0 Å². The number of ether oxygens (including phenoxy) is 2. The average Bonchev–Trinajstić information content (AvgIpc) is 3.13. The zero-order valence-corrected chi connectivity index (χ0v) is 37.6. The fourth-order valence-corrected chi connectivity index (χ4v) is 6.56. The summed E-state index contributed by atoms with van der Waals surface area (Å²) in [7, 11) is 4.02. The Bertz CT molecular complexity index is 794. The van der Waals surface area contributed by atoms with Crippen molar-refractivity contribution < 1.29 is 37.5 Å². The van der Waals surface area contributed by atoms with E-state index in [0.717, 1.165) is 56.9 Å². The van der Waals surface area contributed by atoms with Gasteiger partial charge in [0.1, 0.15) is 19.8 Å². The first kappa shape index (κ1) is 54.3. The fraction of sp³-hybridized carbons (Fsp3) is 0.955. The van der Waals surface area contributed by atoms with E-state index >= 15 is 0 Å². The monoisotopic (exact) mass is 777 g/mol. The Labute approximate surface area is 331 Å². The number of carbonyl (C=O) groups excluding carboxylic acids is 2. The molecule has 1 N–H and O–H groups in total. The van der Waals surface area contributed by atoms with Crippen LogP contribution in [0.5, 0.6) is 0 Å². The van der Waals surface area contributed by atoms with Crippen molar-refractivity contribution >= 4 is 20.5 Å². The first-order valence-electron chi connectivity index (χ1n) is 22.4. The molecule has 318 valence electrons. The van der Waals surface area contributed by atoms with Gasteiger partial charge in [0.15, 0.2) is 6.10 Å². The van der Waals surface area contributed by atoms with Crippen LogP contribution < -0.4 is 0 Å². The van der Waals surface area contributed by atoms with Crippen molar-refractivity contribution in [3.63, 3.8) is 0 Å². The number of carbonyl (C=O) groups is 2. The number of esters is 2. The summed E-state index contributed by atoms with van der Waals surface area (Å²) in [5.41, 5.74) is 0. The molecule has 8 nitrogen and oxygen atoms in total. The number of hydrogen-bond acceptors (Lipinski definition) is 7. The molecule has 9 heteroatoms. The van der Waals surface area contributed by atoms with Crippen LogP contribution in [0, 0.1) is 11.8 Å². The van der Waals surface area contributed by atoms with E-state index < -0.39 is 14.7 Å². The molecule has 0 bridgehead atoms. The molecule has 0 spiro atoms. The van der Waals surface area contributed by atoms with Crippen molar-refractivity contribution in [2.24, 2.45) is 11.8 Å². The van der Waals surface area contributed by atoms with Crippen molar-refractivity contribution in [3.8, 4) is 0 Å². The maximum Gasteiger partial charge on any atom is 0.330 e. The Hall–Kier alpha value is -0.790. The lowest BCUT2D eigenvalue weighted by Gasteiger charge is -2.24. The van der Waals surface area contributed by atoms with Crippen LogP contribution >= 0.6 is 8.60 Å². The summed E-state index contributed by atoms with van der Waals surface area (Å²) in [6, 6.07) is 0. The zero-order valence-electron chi connectivity index (χ0n) is 36.7. The lowest BCUT2D eigenvalue weighted by atomic mass is 9.99. The fourth-order valence-electron chi connectivity index (χ4n) is 5.96. The molecule has 0 aliphatic rings. The second kappa shape index (κ2) is 39.4. The molecule has 0 fully saturated rings. The molecule has 0 aromatic carbocycles. The third kappa shape index (κ3) is 42.2. The van der Waals surface area contributed by atoms with E-state index in [4.69, 9.17) is 18.5 Å². The van der Waals surface area contributed by atoms with Crippen molar-refractivity contribution in [2.45, 2.75) is 215 Å². The molecule has 4 unspecified atom stereocenters. The minimum atomic E-state index is -2.11. The molecule has 0 aromatic heterocycles. The van der Waals surface area contributed by atoms with Crippen LogP contribution in [0.4, 0.5) is 0 Å². The van der Waals surface area contributed by atoms with E-state index in [9.17, 15) is 14.5 Å². The minimum absolute atomic E-state index is 0.0817. The highest BCUT2D eigenvalue weighted by Gasteiger charge is 2.21. The lowest BCUT2D eigenvalue weighted by molar-refractivity contribution is -0.870. The first-order chi connectivity index (χ1) is 25.5. The predicted molar refractivity (Wildman–Crippen MR) is 226 cm³/mol. The average molecular weight is 777 g/mol. The standard InChI is InChI=1S/C42H85NO7P.C2H6/c1-8-38(3)30-26-22-18-14-10-12-16-20-24-28-32-41(44)47-36-40(37-49-51(46)48-35-34-43(5,6)7)50-42(45)33-29-25-21-17-13-11-15-19-23-27-31-39(4)9-2;1-2/h38-40,46H,8-37H2,1-7H3;1-2H3/q+1;. The van der Waals surface area contributed by atoms with Gasteiger partial charge in [-0.05, 0) is 24.7 Å². The molecule has 0 radical (unpaired) electrons. The van der Waals surface area contributed by atoms with Gasteiger partial charge in [0, 0.05) is 12.8 Å². The Morgan fingerprint density at radius 1 is 0.566 bits per heavy atom. The van der Waals surface area contributed by atoms with E-state index in [2.05, 4.69) is 27.7 Å². The number of hydrogen-bond donors (Lipinski definition) is 1. The number of likely N-dealkylation sites (N-methyl/N-ethyl adjacent to an activating group) is 1. The minimum Gasteiger partial charge on any atom is -0.462 e. The second-order valence-corrected chi connectivity index (χ2v) is 17.3. The topological polar surface area (TPSA) is 91.3 Å². The van der Waals surface area contributed by atoms with Crippen LogP contribution in [0.3, 0.4) is 0 Å². The summed E-state index contributed by atoms with van der Waals surface area (Å²) < 4.78 is 22.8. The Balaban J connectivity index is 0. The number of quaternary nitrogens is 1. The third-order valence-electron chi connectivity index (χ3n) is 10.1. The van der Waals surface area contributed by atoms with Gasteiger partial charge in [0.2, 0.25) is 0 Å². The van der Waals surface area contributed by atoms with Crippen LogP contribution in [-0.4, -0.2) is 74.9 Å². The molecule has 0 amide bonds. The summed E-state index contributed by atoms with van der Waals surface area (Å²) in [6.45, 7) is 14.2. The quantitative estimate of drug-likeness (QED) is 0.0289. The highest BCUT2D eigenvalue weighted by Crippen LogP contribution is 2.33. The van der Waals surface area contributed by atoms with E-state index in [0.29, 0.717) is 23.9 Å². The van der Waals surface area contributed by atoms with Crippen molar-refractivity contribution in [3.05, 3.63) is 0 Å². The van der Waals surface area contributed by atoms with Gasteiger partial charge < -0.3 is 27.9 Å². The van der Waals surface area contributed by atoms with Gasteiger partial charge in [-0.3, -0.25) is 9.59 Å². The smallest absolute Gasteiger partial charge is 0.330 e. The predicted octanol–water partition coefficient (Wildman–Crippen LogP) is 12.9. The number of rotatable bonds is 38. The molecule has 0 heterocycles. The van der Waals surface area contributed by atoms with Crippen molar-refractivity contribution in [1.82, 2.24) is 0 Å². The summed E-state index contributed by atoms with van der Waals surface area (Å²) in [5, 5.41) is 0. The van der Waals surface area contributed by atoms with E-state index in [1.54, 1.807) is 0 Å². The van der Waals surface area contributed by atoms with Crippen LogP contribution in [-0.2, 0) is 28.1 Å². The molecule has 0 aliphatic heterocycles. The van der Waals surface area contributed by atoms with Crippen LogP contribution in [0.1, 0.15) is 208 Å². The van der Waals surface area contributed by atoms with Crippen LogP contribution in [0.2, 0.25) is 0 Å². The van der Waals surface area contributed by atoms with Gasteiger partial charge in [-0.1, -0.05) is 183 Å². The Kier molecular flexibility index (Phi) is 40.4. The molecule has 0 saturated heterocycles. The van der Waals surface area contributed by atoms with E-state index in [1.165, 1.54) is 116 Å². The number of nitrogens with zero attached hydrogens (tertiary/aromatic N) is 1. The highest BCUT2D eigenvalue weighted by molar-refractivity contribution is 7.40. The van der Waals surface area contributed by atoms with Gasteiger partial charge in [0.05, 0.1) is 27.7 Å². The maximum atomic E-state index is 12.7. The highest BCUT2D eigenvalue weighted by atomic mass is 31.2. The molecule has 0 aliphatic carbocycles. The van der Waals surface area contributed by atoms with E-state index in [1.807, 2.05) is 35.0 Å². The molecule has 0 aromatic rings. The summed E-state index contributed by atoms with van der Waals surface area (Å²) in [4.78, 5) is 35.3. The van der Waals surface area contributed by atoms with Crippen LogP contribution in [0.15, 0.2) is 0 Å². The Morgan fingerprint density at radius 2 is 0.943 bits per heavy atom. The summed E-state index contributed by atoms with van der Waals surface area (Å²) in [5.74, 6) is 1.12. The summed E-state index contributed by atoms with van der Waals surface area (Å²) >= 11 is 0. The Morgan fingerprint density at radius 3 is 1.34 bits per heavy atom. The number of unbranched alkanes of at least 4 members (excludes halogenated alkanes) is 18. The van der Waals surface area contributed by atoms with Gasteiger partial charge in [-0.2, -0.15) is 0 Å². The molecule has 53 heavy (non-hydrogen) atoms. The lowest BCUT2D eigenvalue weighted by Crippen LogP contribution is -2.37. The molecular weight excluding hydrogens is 685 g/mol. The van der Waals surface area contributed by atoms with Crippen molar-refractivity contribution in [2.75, 3.05) is 47.5 Å². The molecule has 0 rings (SSSR count). The zero-order chi connectivity index (χ0) is 40.0. The SMILES string of the molecule is CC.CCC(C)CCCCCCCCCCCCC(=O)OCC(COP(O)OCC[N+](C)(C)C)OC(=O)CCCCCCCCCCCCC(C)CC. The molecule has 4 atom stereocenters. The summed E-state index contributed by atoms with van der Waals surface area (Å²) in [6.07, 6.45) is 29.5.